The molecule has 1 atom stereocenters. The Bertz CT molecular complexity index is 754. The molecule has 0 radical (unpaired) electrons. The van der Waals surface area contributed by atoms with Gasteiger partial charge in [0.15, 0.2) is 0 Å². The number of imide groups is 1. The number of thiophene rings is 1. The molecule has 5 nitrogen and oxygen atoms in total. The molecule has 0 aliphatic carbocycles. The molecule has 0 unspecified atom stereocenters. The third-order valence-corrected chi connectivity index (χ3v) is 5.35. The summed E-state index contributed by atoms with van der Waals surface area (Å²) in [6, 6.07) is 8.70. The highest BCUT2D eigenvalue weighted by atomic mass is 32.1. The van der Waals surface area contributed by atoms with Crippen molar-refractivity contribution >= 4 is 28.8 Å². The number of amides is 2. The zero-order chi connectivity index (χ0) is 17.8. The average Bonchev–Trinajstić information content (AvgIpc) is 3.12. The number of hydrogen-bond acceptors (Lipinski definition) is 5. The van der Waals surface area contributed by atoms with Crippen LogP contribution in [0.2, 0.25) is 0 Å². The van der Waals surface area contributed by atoms with Crippen LogP contribution in [-0.4, -0.2) is 31.0 Å². The Morgan fingerprint density at radius 1 is 1.24 bits per heavy atom. The Balaban J connectivity index is 1.60. The zero-order valence-electron chi connectivity index (χ0n) is 14.5. The molecule has 132 valence electrons. The van der Waals surface area contributed by atoms with E-state index in [2.05, 4.69) is 23.7 Å². The van der Waals surface area contributed by atoms with E-state index in [0.29, 0.717) is 18.8 Å². The fourth-order valence-corrected chi connectivity index (χ4v) is 3.85. The van der Waals surface area contributed by atoms with Crippen molar-refractivity contribution in [1.82, 2.24) is 5.32 Å². The monoisotopic (exact) mass is 358 g/mol. The van der Waals surface area contributed by atoms with E-state index in [0.717, 1.165) is 12.2 Å². The van der Waals surface area contributed by atoms with Gasteiger partial charge >= 0.3 is 0 Å². The molecular formula is C19H22N2O3S. The van der Waals surface area contributed by atoms with E-state index in [1.165, 1.54) is 15.3 Å². The summed E-state index contributed by atoms with van der Waals surface area (Å²) in [6.45, 7) is 5.26. The Hall–Kier alpha value is -2.18. The number of nitrogens with one attached hydrogen (secondary N) is 1. The molecule has 2 amide bonds. The first kappa shape index (κ1) is 17.6. The molecule has 3 rings (SSSR count). The Kier molecular flexibility index (Phi) is 5.50. The summed E-state index contributed by atoms with van der Waals surface area (Å²) in [7, 11) is 0. The van der Waals surface area contributed by atoms with Crippen LogP contribution in [0.25, 0.3) is 0 Å². The van der Waals surface area contributed by atoms with Crippen molar-refractivity contribution in [2.24, 2.45) is 0 Å². The Morgan fingerprint density at radius 2 is 2.00 bits per heavy atom. The normalized spacial score (nSPS) is 17.4. The van der Waals surface area contributed by atoms with Crippen molar-refractivity contribution in [3.05, 3.63) is 46.2 Å². The predicted octanol–water partition coefficient (Wildman–Crippen LogP) is 2.92. The number of carbonyl (C=O) groups excluding carboxylic acids is 2. The third kappa shape index (κ3) is 3.91. The minimum absolute atomic E-state index is 0.168. The van der Waals surface area contributed by atoms with E-state index in [-0.39, 0.29) is 18.2 Å². The van der Waals surface area contributed by atoms with Gasteiger partial charge in [-0.2, -0.15) is 0 Å². The quantitative estimate of drug-likeness (QED) is 0.773. The summed E-state index contributed by atoms with van der Waals surface area (Å²) in [6.07, 6.45) is 1.07. The molecule has 2 heterocycles. The van der Waals surface area contributed by atoms with Crippen LogP contribution >= 0.6 is 11.3 Å². The molecule has 0 saturated carbocycles. The number of aryl methyl sites for hydroxylation is 1. The number of hydrogen-bond donors (Lipinski definition) is 1. The SMILES string of the molecule is CCOc1ccc(N2C(=O)C[C@@H](NCCc3sccc3C)C2=O)cc1. The van der Waals surface area contributed by atoms with Gasteiger partial charge in [0.25, 0.3) is 5.91 Å². The summed E-state index contributed by atoms with van der Waals surface area (Å²) in [5.41, 5.74) is 1.87. The van der Waals surface area contributed by atoms with Crippen LogP contribution in [0.5, 0.6) is 5.75 Å². The number of carbonyl (C=O) groups is 2. The highest BCUT2D eigenvalue weighted by Gasteiger charge is 2.39. The van der Waals surface area contributed by atoms with Crippen LogP contribution < -0.4 is 15.0 Å². The summed E-state index contributed by atoms with van der Waals surface area (Å²) >= 11 is 1.72. The van der Waals surface area contributed by atoms with Crippen molar-refractivity contribution in [3.63, 3.8) is 0 Å². The molecule has 0 bridgehead atoms. The standard InChI is InChI=1S/C19H22N2O3S/c1-3-24-15-6-4-14(5-7-15)21-18(22)12-16(19(21)23)20-10-8-17-13(2)9-11-25-17/h4-7,9,11,16,20H,3,8,10,12H2,1-2H3/t16-/m1/s1. The molecule has 1 aliphatic heterocycles. The summed E-state index contributed by atoms with van der Waals surface area (Å²) in [5, 5.41) is 5.30. The molecule has 25 heavy (non-hydrogen) atoms. The summed E-state index contributed by atoms with van der Waals surface area (Å²) < 4.78 is 5.40. The smallest absolute Gasteiger partial charge is 0.251 e. The number of ether oxygens (including phenoxy) is 1. The molecule has 1 aliphatic rings. The van der Waals surface area contributed by atoms with E-state index in [1.807, 2.05) is 6.92 Å². The van der Waals surface area contributed by atoms with Gasteiger partial charge in [-0.25, -0.2) is 4.90 Å². The third-order valence-electron chi connectivity index (χ3n) is 4.26. The molecule has 1 N–H and O–H groups in total. The van der Waals surface area contributed by atoms with Gasteiger partial charge in [-0.1, -0.05) is 0 Å². The van der Waals surface area contributed by atoms with Gasteiger partial charge in [0.2, 0.25) is 5.91 Å². The number of benzene rings is 1. The van der Waals surface area contributed by atoms with E-state index in [9.17, 15) is 9.59 Å². The molecule has 1 aromatic heterocycles. The average molecular weight is 358 g/mol. The van der Waals surface area contributed by atoms with Crippen LogP contribution in [0.1, 0.15) is 23.8 Å². The minimum Gasteiger partial charge on any atom is -0.494 e. The second-order valence-electron chi connectivity index (χ2n) is 5.98. The highest BCUT2D eigenvalue weighted by molar-refractivity contribution is 7.10. The molecule has 2 aromatic rings. The van der Waals surface area contributed by atoms with E-state index >= 15 is 0 Å². The van der Waals surface area contributed by atoms with Crippen LogP contribution in [-0.2, 0) is 16.0 Å². The predicted molar refractivity (Wildman–Crippen MR) is 99.3 cm³/mol. The lowest BCUT2D eigenvalue weighted by Crippen LogP contribution is -2.39. The second-order valence-corrected chi connectivity index (χ2v) is 6.98. The maximum atomic E-state index is 12.6. The van der Waals surface area contributed by atoms with Gasteiger partial charge in [-0.05, 0) is 61.5 Å². The highest BCUT2D eigenvalue weighted by Crippen LogP contribution is 2.25. The molecule has 1 aromatic carbocycles. The Labute approximate surface area is 151 Å². The van der Waals surface area contributed by atoms with E-state index < -0.39 is 6.04 Å². The lowest BCUT2D eigenvalue weighted by molar-refractivity contribution is -0.121. The molecule has 6 heteroatoms. The van der Waals surface area contributed by atoms with Crippen molar-refractivity contribution in [2.75, 3.05) is 18.1 Å². The number of anilines is 1. The van der Waals surface area contributed by atoms with Crippen LogP contribution in [0.15, 0.2) is 35.7 Å². The first-order valence-electron chi connectivity index (χ1n) is 8.46. The van der Waals surface area contributed by atoms with Gasteiger partial charge in [0, 0.05) is 11.4 Å². The maximum Gasteiger partial charge on any atom is 0.251 e. The number of rotatable bonds is 7. The van der Waals surface area contributed by atoms with Crippen molar-refractivity contribution in [3.8, 4) is 5.75 Å². The largest absolute Gasteiger partial charge is 0.494 e. The fourth-order valence-electron chi connectivity index (χ4n) is 2.94. The molecular weight excluding hydrogens is 336 g/mol. The van der Waals surface area contributed by atoms with Crippen LogP contribution in [0.4, 0.5) is 5.69 Å². The topological polar surface area (TPSA) is 58.6 Å². The van der Waals surface area contributed by atoms with Crippen molar-refractivity contribution < 1.29 is 14.3 Å². The van der Waals surface area contributed by atoms with Gasteiger partial charge in [0.05, 0.1) is 24.8 Å². The van der Waals surface area contributed by atoms with Gasteiger partial charge in [0.1, 0.15) is 5.75 Å². The molecule has 0 spiro atoms. The molecule has 1 saturated heterocycles. The zero-order valence-corrected chi connectivity index (χ0v) is 15.3. The summed E-state index contributed by atoms with van der Waals surface area (Å²) in [4.78, 5) is 27.5. The van der Waals surface area contributed by atoms with Gasteiger partial charge in [-0.3, -0.25) is 9.59 Å². The van der Waals surface area contributed by atoms with Crippen molar-refractivity contribution in [1.29, 1.82) is 0 Å². The Morgan fingerprint density at radius 3 is 2.64 bits per heavy atom. The summed E-state index contributed by atoms with van der Waals surface area (Å²) in [5.74, 6) is 0.377. The van der Waals surface area contributed by atoms with E-state index in [1.54, 1.807) is 35.6 Å². The van der Waals surface area contributed by atoms with Crippen LogP contribution in [0.3, 0.4) is 0 Å². The van der Waals surface area contributed by atoms with Gasteiger partial charge < -0.3 is 10.1 Å². The first-order chi connectivity index (χ1) is 12.1. The van der Waals surface area contributed by atoms with Crippen molar-refractivity contribution in [2.45, 2.75) is 32.7 Å². The lowest BCUT2D eigenvalue weighted by atomic mass is 10.2. The second kappa shape index (κ2) is 7.80. The minimum atomic E-state index is -0.445. The maximum absolute atomic E-state index is 12.6. The molecule has 1 fully saturated rings. The first-order valence-corrected chi connectivity index (χ1v) is 9.34. The number of nitrogens with zero attached hydrogens (tertiary/aromatic N) is 1. The lowest BCUT2D eigenvalue weighted by Gasteiger charge is -2.16. The van der Waals surface area contributed by atoms with Gasteiger partial charge in [-0.15, -0.1) is 11.3 Å². The van der Waals surface area contributed by atoms with E-state index in [4.69, 9.17) is 4.74 Å². The van der Waals surface area contributed by atoms with Crippen LogP contribution in [0, 0.1) is 6.92 Å². The fraction of sp³-hybridized carbons (Fsp3) is 0.368.